The minimum atomic E-state index is -0.182. The van der Waals surface area contributed by atoms with Gasteiger partial charge in [0.15, 0.2) is 6.29 Å². The number of carbonyl (C=O) groups is 2. The lowest BCUT2D eigenvalue weighted by Gasteiger charge is -2.29. The summed E-state index contributed by atoms with van der Waals surface area (Å²) >= 11 is 0. The van der Waals surface area contributed by atoms with E-state index in [0.29, 0.717) is 26.1 Å². The minimum Gasteiger partial charge on any atom is -0.461 e. The fraction of sp³-hybridized carbons (Fsp3) is 0.562. The molecule has 0 aromatic heterocycles. The lowest BCUT2D eigenvalue weighted by molar-refractivity contribution is -0.196. The molecule has 0 bridgehead atoms. The summed E-state index contributed by atoms with van der Waals surface area (Å²) in [5.41, 5.74) is 2.11. The van der Waals surface area contributed by atoms with Crippen molar-refractivity contribution in [2.45, 2.75) is 95.9 Å². The average molecular weight is 523 g/mol. The monoisotopic (exact) mass is 522 g/mol. The summed E-state index contributed by atoms with van der Waals surface area (Å²) in [4.78, 5) is 24.3. The van der Waals surface area contributed by atoms with Gasteiger partial charge >= 0.3 is 5.97 Å². The fourth-order valence-corrected chi connectivity index (χ4v) is 5.59. The highest BCUT2D eigenvalue weighted by Gasteiger charge is 2.45. The predicted molar refractivity (Wildman–Crippen MR) is 145 cm³/mol. The first-order valence-corrected chi connectivity index (χ1v) is 14.3. The first-order chi connectivity index (χ1) is 18.7. The molecule has 4 rings (SSSR count). The van der Waals surface area contributed by atoms with Crippen LogP contribution in [-0.4, -0.2) is 37.4 Å². The van der Waals surface area contributed by atoms with Gasteiger partial charge < -0.3 is 23.7 Å². The van der Waals surface area contributed by atoms with Crippen molar-refractivity contribution in [3.8, 4) is 0 Å². The summed E-state index contributed by atoms with van der Waals surface area (Å²) in [7, 11) is 0. The number of esters is 1. The Balaban J connectivity index is 1.21. The molecule has 1 saturated heterocycles. The molecule has 1 aliphatic heterocycles. The number of hydrogen-bond acceptors (Lipinski definition) is 6. The van der Waals surface area contributed by atoms with Gasteiger partial charge in [-0.25, -0.2) is 0 Å². The van der Waals surface area contributed by atoms with Gasteiger partial charge in [-0.3, -0.25) is 4.79 Å². The number of benzene rings is 2. The molecule has 206 valence electrons. The summed E-state index contributed by atoms with van der Waals surface area (Å²) in [6, 6.07) is 19.8. The highest BCUT2D eigenvalue weighted by atomic mass is 16.7. The van der Waals surface area contributed by atoms with Crippen LogP contribution in [0.1, 0.15) is 75.3 Å². The molecule has 6 nitrogen and oxygen atoms in total. The molecule has 2 aliphatic rings. The van der Waals surface area contributed by atoms with Gasteiger partial charge in [-0.05, 0) is 49.1 Å². The van der Waals surface area contributed by atoms with Crippen LogP contribution >= 0.6 is 0 Å². The predicted octanol–water partition coefficient (Wildman–Crippen LogP) is 6.40. The van der Waals surface area contributed by atoms with Gasteiger partial charge in [0.2, 0.25) is 0 Å². The molecule has 1 heterocycles. The Morgan fingerprint density at radius 3 is 2.26 bits per heavy atom. The van der Waals surface area contributed by atoms with Crippen LogP contribution in [0.3, 0.4) is 0 Å². The van der Waals surface area contributed by atoms with E-state index in [0.717, 1.165) is 75.4 Å². The molecule has 38 heavy (non-hydrogen) atoms. The zero-order chi connectivity index (χ0) is 26.4. The van der Waals surface area contributed by atoms with Gasteiger partial charge in [-0.15, -0.1) is 0 Å². The summed E-state index contributed by atoms with van der Waals surface area (Å²) in [6.45, 7) is 1.56. The SMILES string of the molecule is O=C[C@H]1[C@@H](CCCCCCC(=O)OCc2ccccc2)[C@@H](OC2CCCCO2)C[C@H]1OCc1ccccc1. The third-order valence-corrected chi connectivity index (χ3v) is 7.71. The van der Waals surface area contributed by atoms with Crippen molar-refractivity contribution in [1.29, 1.82) is 0 Å². The van der Waals surface area contributed by atoms with Crippen molar-refractivity contribution < 1.29 is 28.5 Å². The van der Waals surface area contributed by atoms with Gasteiger partial charge in [-0.2, -0.15) is 0 Å². The van der Waals surface area contributed by atoms with E-state index in [2.05, 4.69) is 0 Å². The third-order valence-electron chi connectivity index (χ3n) is 7.71. The molecule has 1 aliphatic carbocycles. The van der Waals surface area contributed by atoms with Crippen LogP contribution in [-0.2, 0) is 41.8 Å². The number of rotatable bonds is 15. The fourth-order valence-electron chi connectivity index (χ4n) is 5.59. The van der Waals surface area contributed by atoms with Crippen LogP contribution in [0.25, 0.3) is 0 Å². The van der Waals surface area contributed by atoms with E-state index in [1.807, 2.05) is 60.7 Å². The quantitative estimate of drug-likeness (QED) is 0.153. The maximum absolute atomic E-state index is 12.2. The van der Waals surface area contributed by atoms with Gasteiger partial charge in [-0.1, -0.05) is 79.9 Å². The molecule has 0 spiro atoms. The molecule has 6 heteroatoms. The number of carbonyl (C=O) groups excluding carboxylic acids is 2. The molecule has 0 N–H and O–H groups in total. The van der Waals surface area contributed by atoms with Gasteiger partial charge in [0.05, 0.1) is 18.8 Å². The summed E-state index contributed by atoms with van der Waals surface area (Å²) in [5.74, 6) is -0.208. The Bertz CT molecular complexity index is 943. The third kappa shape index (κ3) is 9.04. The zero-order valence-electron chi connectivity index (χ0n) is 22.4. The van der Waals surface area contributed by atoms with Crippen molar-refractivity contribution in [2.75, 3.05) is 6.61 Å². The van der Waals surface area contributed by atoms with E-state index < -0.39 is 0 Å². The van der Waals surface area contributed by atoms with Crippen molar-refractivity contribution in [2.24, 2.45) is 11.8 Å². The van der Waals surface area contributed by atoms with E-state index >= 15 is 0 Å². The van der Waals surface area contributed by atoms with E-state index in [4.69, 9.17) is 18.9 Å². The molecule has 1 saturated carbocycles. The summed E-state index contributed by atoms with van der Waals surface area (Å²) in [6.07, 6.45) is 9.64. The van der Waals surface area contributed by atoms with E-state index in [-0.39, 0.29) is 36.3 Å². The van der Waals surface area contributed by atoms with Crippen molar-refractivity contribution >= 4 is 12.3 Å². The number of hydrogen-bond donors (Lipinski definition) is 0. The topological polar surface area (TPSA) is 71.1 Å². The molecular formula is C32H42O6. The molecule has 0 radical (unpaired) electrons. The van der Waals surface area contributed by atoms with Crippen molar-refractivity contribution in [3.63, 3.8) is 0 Å². The Morgan fingerprint density at radius 2 is 1.58 bits per heavy atom. The van der Waals surface area contributed by atoms with Crippen LogP contribution in [0.5, 0.6) is 0 Å². The van der Waals surface area contributed by atoms with Crippen LogP contribution < -0.4 is 0 Å². The lowest BCUT2D eigenvalue weighted by atomic mass is 9.89. The van der Waals surface area contributed by atoms with Crippen molar-refractivity contribution in [3.05, 3.63) is 71.8 Å². The van der Waals surface area contributed by atoms with Gasteiger partial charge in [0, 0.05) is 25.4 Å². The van der Waals surface area contributed by atoms with E-state index in [9.17, 15) is 9.59 Å². The van der Waals surface area contributed by atoms with Crippen LogP contribution in [0.2, 0.25) is 0 Å². The van der Waals surface area contributed by atoms with Crippen LogP contribution in [0.15, 0.2) is 60.7 Å². The highest BCUT2D eigenvalue weighted by molar-refractivity contribution is 5.69. The molecule has 1 unspecified atom stereocenters. The normalized spacial score (nSPS) is 25.2. The second-order valence-electron chi connectivity index (χ2n) is 10.5. The Hall–Kier alpha value is -2.54. The Labute approximate surface area is 227 Å². The van der Waals surface area contributed by atoms with E-state index in [1.165, 1.54) is 0 Å². The smallest absolute Gasteiger partial charge is 0.306 e. The molecule has 2 fully saturated rings. The lowest BCUT2D eigenvalue weighted by Crippen LogP contribution is -2.31. The first-order valence-electron chi connectivity index (χ1n) is 14.3. The molecule has 2 aromatic rings. The van der Waals surface area contributed by atoms with Crippen LogP contribution in [0.4, 0.5) is 0 Å². The maximum Gasteiger partial charge on any atom is 0.306 e. The molecule has 0 amide bonds. The Kier molecular flexibility index (Phi) is 11.8. The molecular weight excluding hydrogens is 480 g/mol. The standard InChI is InChI=1S/C32H42O6/c33-22-28-27(17-9-1-2-10-18-31(34)37-24-26-15-7-4-8-16-26)30(38-32-19-11-12-20-35-32)21-29(28)36-23-25-13-5-3-6-14-25/h3-8,13-16,22,27-30,32H,1-2,9-12,17-21,23-24H2/t27-,28+,29-,30+,32?/m1/s1. The maximum atomic E-state index is 12.2. The molecule has 2 aromatic carbocycles. The van der Waals surface area contributed by atoms with E-state index in [1.54, 1.807) is 0 Å². The Morgan fingerprint density at radius 1 is 0.868 bits per heavy atom. The largest absolute Gasteiger partial charge is 0.461 e. The van der Waals surface area contributed by atoms with Crippen LogP contribution in [0, 0.1) is 11.8 Å². The first kappa shape index (κ1) is 28.5. The summed E-state index contributed by atoms with van der Waals surface area (Å²) < 4.78 is 23.9. The highest BCUT2D eigenvalue weighted by Crippen LogP contribution is 2.40. The molecule has 5 atom stereocenters. The second kappa shape index (κ2) is 15.8. The number of unbranched alkanes of at least 4 members (excludes halogenated alkanes) is 3. The number of ether oxygens (including phenoxy) is 4. The average Bonchev–Trinajstić information content (AvgIpc) is 3.29. The zero-order valence-corrected chi connectivity index (χ0v) is 22.4. The second-order valence-corrected chi connectivity index (χ2v) is 10.5. The minimum absolute atomic E-state index is 0.0398. The van der Waals surface area contributed by atoms with Crippen molar-refractivity contribution in [1.82, 2.24) is 0 Å². The number of aldehydes is 1. The summed E-state index contributed by atoms with van der Waals surface area (Å²) in [5, 5.41) is 0. The van der Waals surface area contributed by atoms with Gasteiger partial charge in [0.25, 0.3) is 0 Å². The van der Waals surface area contributed by atoms with Gasteiger partial charge in [0.1, 0.15) is 12.9 Å².